The highest BCUT2D eigenvalue weighted by molar-refractivity contribution is 5.38. The van der Waals surface area contributed by atoms with Crippen LogP contribution in [0.2, 0.25) is 0 Å². The van der Waals surface area contributed by atoms with E-state index in [0.717, 1.165) is 37.1 Å². The molecule has 1 saturated carbocycles. The molecule has 4 heteroatoms. The maximum absolute atomic E-state index is 4.80. The largest absolute Gasteiger partial charge is 0.366 e. The van der Waals surface area contributed by atoms with Crippen molar-refractivity contribution in [3.05, 3.63) is 47.7 Å². The number of hydrogen-bond acceptors (Lipinski definition) is 3. The van der Waals surface area contributed by atoms with Crippen LogP contribution in [0.1, 0.15) is 43.4 Å². The van der Waals surface area contributed by atoms with Crippen LogP contribution in [-0.2, 0) is 19.6 Å². The Morgan fingerprint density at radius 1 is 1.09 bits per heavy atom. The van der Waals surface area contributed by atoms with Gasteiger partial charge in [0.25, 0.3) is 0 Å². The first-order valence-electron chi connectivity index (χ1n) is 8.84. The van der Waals surface area contributed by atoms with E-state index in [1.807, 2.05) is 7.05 Å². The van der Waals surface area contributed by atoms with Crippen LogP contribution in [0.5, 0.6) is 0 Å². The zero-order valence-electron chi connectivity index (χ0n) is 14.1. The van der Waals surface area contributed by atoms with E-state index in [1.54, 1.807) is 0 Å². The van der Waals surface area contributed by atoms with Crippen LogP contribution < -0.4 is 10.6 Å². The van der Waals surface area contributed by atoms with Crippen LogP contribution in [0.15, 0.2) is 36.4 Å². The van der Waals surface area contributed by atoms with Gasteiger partial charge >= 0.3 is 0 Å². The van der Waals surface area contributed by atoms with Gasteiger partial charge < -0.3 is 10.6 Å². The molecule has 0 amide bonds. The Kier molecular flexibility index (Phi) is 5.70. The summed E-state index contributed by atoms with van der Waals surface area (Å²) in [5, 5.41) is 11.6. The molecule has 0 spiro atoms. The molecular weight excluding hydrogens is 284 g/mol. The topological polar surface area (TPSA) is 41.9 Å². The van der Waals surface area contributed by atoms with Crippen molar-refractivity contribution in [3.8, 4) is 0 Å². The van der Waals surface area contributed by atoms with Gasteiger partial charge in [-0.05, 0) is 31.4 Å². The molecule has 23 heavy (non-hydrogen) atoms. The van der Waals surface area contributed by atoms with E-state index in [4.69, 9.17) is 5.10 Å². The zero-order valence-corrected chi connectivity index (χ0v) is 14.1. The minimum Gasteiger partial charge on any atom is -0.366 e. The van der Waals surface area contributed by atoms with Crippen LogP contribution in [-0.4, -0.2) is 16.8 Å². The lowest BCUT2D eigenvalue weighted by Crippen LogP contribution is -2.17. The molecule has 124 valence electrons. The maximum atomic E-state index is 4.80. The summed E-state index contributed by atoms with van der Waals surface area (Å²) in [5.74, 6) is 1.92. The first-order chi connectivity index (χ1) is 11.3. The van der Waals surface area contributed by atoms with E-state index in [-0.39, 0.29) is 0 Å². The SMILES string of the molecule is CNCc1cc(NCc2ccccc2)n(CC2CCCCC2)n1. The van der Waals surface area contributed by atoms with Gasteiger partial charge in [0.1, 0.15) is 5.82 Å². The number of hydrogen-bond donors (Lipinski definition) is 2. The van der Waals surface area contributed by atoms with Gasteiger partial charge in [0.2, 0.25) is 0 Å². The summed E-state index contributed by atoms with van der Waals surface area (Å²) in [7, 11) is 1.97. The van der Waals surface area contributed by atoms with Crippen molar-refractivity contribution in [1.82, 2.24) is 15.1 Å². The Morgan fingerprint density at radius 3 is 2.61 bits per heavy atom. The normalized spacial score (nSPS) is 15.7. The minimum atomic E-state index is 0.781. The number of nitrogens with zero attached hydrogens (tertiary/aromatic N) is 2. The van der Waals surface area contributed by atoms with Crippen molar-refractivity contribution >= 4 is 5.82 Å². The first kappa shape index (κ1) is 16.1. The monoisotopic (exact) mass is 312 g/mol. The van der Waals surface area contributed by atoms with Crippen molar-refractivity contribution < 1.29 is 0 Å². The lowest BCUT2D eigenvalue weighted by molar-refractivity contribution is 0.309. The second-order valence-corrected chi connectivity index (χ2v) is 6.58. The molecule has 1 aromatic heterocycles. The van der Waals surface area contributed by atoms with Crippen molar-refractivity contribution in [3.63, 3.8) is 0 Å². The van der Waals surface area contributed by atoms with Crippen LogP contribution in [0.3, 0.4) is 0 Å². The molecule has 2 N–H and O–H groups in total. The fourth-order valence-electron chi connectivity index (χ4n) is 3.42. The van der Waals surface area contributed by atoms with Gasteiger partial charge in [-0.2, -0.15) is 5.10 Å². The summed E-state index contributed by atoms with van der Waals surface area (Å²) in [5.41, 5.74) is 2.41. The second-order valence-electron chi connectivity index (χ2n) is 6.58. The van der Waals surface area contributed by atoms with Crippen molar-refractivity contribution in [1.29, 1.82) is 0 Å². The molecular formula is C19H28N4. The molecule has 0 radical (unpaired) electrons. The van der Waals surface area contributed by atoms with Gasteiger partial charge in [0, 0.05) is 25.7 Å². The molecule has 3 rings (SSSR count). The molecule has 4 nitrogen and oxygen atoms in total. The molecule has 1 aromatic carbocycles. The summed E-state index contributed by atoms with van der Waals surface area (Å²) in [6.07, 6.45) is 6.85. The van der Waals surface area contributed by atoms with Crippen molar-refractivity contribution in [2.45, 2.75) is 51.7 Å². The molecule has 1 heterocycles. The molecule has 0 atom stereocenters. The summed E-state index contributed by atoms with van der Waals surface area (Å²) < 4.78 is 2.19. The van der Waals surface area contributed by atoms with E-state index in [0.29, 0.717) is 0 Å². The van der Waals surface area contributed by atoms with Crippen molar-refractivity contribution in [2.75, 3.05) is 12.4 Å². The van der Waals surface area contributed by atoms with E-state index >= 15 is 0 Å². The highest BCUT2D eigenvalue weighted by Crippen LogP contribution is 2.26. The summed E-state index contributed by atoms with van der Waals surface area (Å²) in [6.45, 7) is 2.70. The molecule has 0 saturated heterocycles. The highest BCUT2D eigenvalue weighted by atomic mass is 15.3. The lowest BCUT2D eigenvalue weighted by Gasteiger charge is -2.22. The predicted molar refractivity (Wildman–Crippen MR) is 95.3 cm³/mol. The highest BCUT2D eigenvalue weighted by Gasteiger charge is 2.16. The number of aromatic nitrogens is 2. The van der Waals surface area contributed by atoms with Crippen molar-refractivity contribution in [2.24, 2.45) is 5.92 Å². The van der Waals surface area contributed by atoms with Gasteiger partial charge in [0.05, 0.1) is 5.69 Å². The van der Waals surface area contributed by atoms with E-state index < -0.39 is 0 Å². The molecule has 0 aliphatic heterocycles. The van der Waals surface area contributed by atoms with Gasteiger partial charge in [-0.3, -0.25) is 0 Å². The van der Waals surface area contributed by atoms with Gasteiger partial charge in [-0.25, -0.2) is 4.68 Å². The smallest absolute Gasteiger partial charge is 0.124 e. The number of nitrogens with one attached hydrogen (secondary N) is 2. The number of anilines is 1. The molecule has 1 fully saturated rings. The standard InChI is InChI=1S/C19H28N4/c1-20-14-18-12-19(21-13-16-8-4-2-5-9-16)23(22-18)15-17-10-6-3-7-11-17/h2,4-5,8-9,12,17,20-21H,3,6-7,10-11,13-15H2,1H3. The average Bonchev–Trinajstić information content (AvgIpc) is 2.97. The lowest BCUT2D eigenvalue weighted by atomic mass is 9.89. The molecule has 1 aliphatic rings. The van der Waals surface area contributed by atoms with E-state index in [2.05, 4.69) is 51.7 Å². The first-order valence-corrected chi connectivity index (χ1v) is 8.84. The third-order valence-electron chi connectivity index (χ3n) is 4.66. The quantitative estimate of drug-likeness (QED) is 0.817. The minimum absolute atomic E-state index is 0.781. The Morgan fingerprint density at radius 2 is 1.87 bits per heavy atom. The fourth-order valence-corrected chi connectivity index (χ4v) is 3.42. The Labute approximate surface area is 139 Å². The summed E-state index contributed by atoms with van der Waals surface area (Å²) in [4.78, 5) is 0. The molecule has 0 bridgehead atoms. The zero-order chi connectivity index (χ0) is 15.9. The number of benzene rings is 1. The van der Waals surface area contributed by atoms with E-state index in [9.17, 15) is 0 Å². The number of rotatable bonds is 7. The molecule has 2 aromatic rings. The van der Waals surface area contributed by atoms with Gasteiger partial charge in [0.15, 0.2) is 0 Å². The van der Waals surface area contributed by atoms with Crippen LogP contribution in [0, 0.1) is 5.92 Å². The predicted octanol–water partition coefficient (Wildman–Crippen LogP) is 3.79. The van der Waals surface area contributed by atoms with Crippen LogP contribution in [0.25, 0.3) is 0 Å². The molecule has 1 aliphatic carbocycles. The van der Waals surface area contributed by atoms with Gasteiger partial charge in [-0.15, -0.1) is 0 Å². The third kappa shape index (κ3) is 4.58. The fraction of sp³-hybridized carbons (Fsp3) is 0.526. The van der Waals surface area contributed by atoms with E-state index in [1.165, 1.54) is 37.7 Å². The Hall–Kier alpha value is -1.81. The van der Waals surface area contributed by atoms with Gasteiger partial charge in [-0.1, -0.05) is 49.6 Å². The Bertz CT molecular complexity index is 585. The molecule has 0 unspecified atom stereocenters. The Balaban J connectivity index is 1.68. The van der Waals surface area contributed by atoms with Crippen LogP contribution >= 0.6 is 0 Å². The van der Waals surface area contributed by atoms with Crippen LogP contribution in [0.4, 0.5) is 5.82 Å². The second kappa shape index (κ2) is 8.16. The maximum Gasteiger partial charge on any atom is 0.124 e. The average molecular weight is 312 g/mol. The third-order valence-corrected chi connectivity index (χ3v) is 4.66. The summed E-state index contributed by atoms with van der Waals surface area (Å²) >= 11 is 0. The summed E-state index contributed by atoms with van der Waals surface area (Å²) in [6, 6.07) is 12.7.